The van der Waals surface area contributed by atoms with Crippen LogP contribution in [0.3, 0.4) is 0 Å². The summed E-state index contributed by atoms with van der Waals surface area (Å²) in [7, 11) is 0. The van der Waals surface area contributed by atoms with Crippen molar-refractivity contribution in [3.63, 3.8) is 0 Å². The molecule has 32 heavy (non-hydrogen) atoms. The van der Waals surface area contributed by atoms with E-state index in [4.69, 9.17) is 11.6 Å². The van der Waals surface area contributed by atoms with E-state index in [1.807, 2.05) is 61.5 Å². The Morgan fingerprint density at radius 3 is 2.44 bits per heavy atom. The molecular formula is C25H24ClFN2O2S. The van der Waals surface area contributed by atoms with E-state index in [-0.39, 0.29) is 16.8 Å². The summed E-state index contributed by atoms with van der Waals surface area (Å²) >= 11 is 7.21. The van der Waals surface area contributed by atoms with Crippen LogP contribution in [-0.2, 0) is 9.59 Å². The average molecular weight is 471 g/mol. The summed E-state index contributed by atoms with van der Waals surface area (Å²) in [5.74, 6) is -0.836. The number of carbonyl (C=O) groups is 2. The molecule has 0 radical (unpaired) electrons. The highest BCUT2D eigenvalue weighted by molar-refractivity contribution is 8.00. The van der Waals surface area contributed by atoms with Gasteiger partial charge in [-0.15, -0.1) is 11.8 Å². The van der Waals surface area contributed by atoms with Gasteiger partial charge in [-0.25, -0.2) is 4.39 Å². The largest absolute Gasteiger partial charge is 0.326 e. The zero-order valence-electron chi connectivity index (χ0n) is 17.6. The van der Waals surface area contributed by atoms with Crippen LogP contribution < -0.4 is 10.6 Å². The number of thioether (sulfide) groups is 1. The fourth-order valence-electron chi connectivity index (χ4n) is 3.03. The lowest BCUT2D eigenvalue weighted by Crippen LogP contribution is -2.19. The lowest BCUT2D eigenvalue weighted by molar-refractivity contribution is -0.116. The van der Waals surface area contributed by atoms with Gasteiger partial charge in [-0.05, 0) is 48.4 Å². The van der Waals surface area contributed by atoms with E-state index in [1.165, 1.54) is 30.0 Å². The SMILES string of the molecule is CCCCC(=O)Nc1cccc(SC(C(=O)Nc2ccc(F)c(Cl)c2)c2ccccc2)c1. The molecule has 0 aliphatic heterocycles. The van der Waals surface area contributed by atoms with Crippen LogP contribution in [0.2, 0.25) is 5.02 Å². The van der Waals surface area contributed by atoms with E-state index < -0.39 is 11.1 Å². The van der Waals surface area contributed by atoms with Crippen LogP contribution in [0.5, 0.6) is 0 Å². The predicted molar refractivity (Wildman–Crippen MR) is 130 cm³/mol. The molecule has 0 aliphatic rings. The maximum Gasteiger partial charge on any atom is 0.242 e. The predicted octanol–water partition coefficient (Wildman–Crippen LogP) is 7.08. The molecule has 2 amide bonds. The van der Waals surface area contributed by atoms with Crippen LogP contribution in [0.4, 0.5) is 15.8 Å². The number of hydrogen-bond acceptors (Lipinski definition) is 3. The zero-order valence-corrected chi connectivity index (χ0v) is 19.2. The number of benzene rings is 3. The van der Waals surface area contributed by atoms with Gasteiger partial charge in [0.2, 0.25) is 11.8 Å². The van der Waals surface area contributed by atoms with Crippen molar-refractivity contribution in [1.29, 1.82) is 0 Å². The molecule has 0 saturated carbocycles. The van der Waals surface area contributed by atoms with Crippen molar-refractivity contribution in [2.75, 3.05) is 10.6 Å². The van der Waals surface area contributed by atoms with E-state index in [0.29, 0.717) is 17.8 Å². The molecule has 3 aromatic carbocycles. The maximum absolute atomic E-state index is 13.5. The molecule has 0 heterocycles. The molecule has 2 N–H and O–H groups in total. The summed E-state index contributed by atoms with van der Waals surface area (Å²) in [6.45, 7) is 2.04. The monoisotopic (exact) mass is 470 g/mol. The quantitative estimate of drug-likeness (QED) is 0.328. The second-order valence-corrected chi connectivity index (χ2v) is 8.79. The second kappa shape index (κ2) is 11.7. The van der Waals surface area contributed by atoms with Gasteiger partial charge >= 0.3 is 0 Å². The van der Waals surface area contributed by atoms with E-state index in [1.54, 1.807) is 0 Å². The van der Waals surface area contributed by atoms with E-state index in [9.17, 15) is 14.0 Å². The number of amides is 2. The molecule has 0 bridgehead atoms. The Kier molecular flexibility index (Phi) is 8.71. The molecule has 3 aromatic rings. The van der Waals surface area contributed by atoms with Crippen LogP contribution in [0.15, 0.2) is 77.7 Å². The smallest absolute Gasteiger partial charge is 0.242 e. The molecule has 3 rings (SSSR count). The van der Waals surface area contributed by atoms with Gasteiger partial charge in [0.15, 0.2) is 0 Å². The number of unbranched alkanes of at least 4 members (excludes halogenated alkanes) is 1. The molecule has 0 aromatic heterocycles. The Balaban J connectivity index is 1.79. The zero-order chi connectivity index (χ0) is 22.9. The maximum atomic E-state index is 13.5. The van der Waals surface area contributed by atoms with Gasteiger partial charge < -0.3 is 10.6 Å². The average Bonchev–Trinajstić information content (AvgIpc) is 2.79. The van der Waals surface area contributed by atoms with Crippen molar-refractivity contribution in [1.82, 2.24) is 0 Å². The van der Waals surface area contributed by atoms with Crippen LogP contribution >= 0.6 is 23.4 Å². The highest BCUT2D eigenvalue weighted by Crippen LogP contribution is 2.37. The van der Waals surface area contributed by atoms with Gasteiger partial charge in [-0.2, -0.15) is 0 Å². The van der Waals surface area contributed by atoms with Crippen LogP contribution in [0.1, 0.15) is 37.0 Å². The molecule has 0 aliphatic carbocycles. The summed E-state index contributed by atoms with van der Waals surface area (Å²) in [5.41, 5.74) is 1.93. The minimum atomic E-state index is -0.564. The van der Waals surface area contributed by atoms with Crippen molar-refractivity contribution in [2.24, 2.45) is 0 Å². The Hall–Kier alpha value is -2.83. The Bertz CT molecular complexity index is 1080. The molecular weight excluding hydrogens is 447 g/mol. The Morgan fingerprint density at radius 1 is 0.969 bits per heavy atom. The van der Waals surface area contributed by atoms with Crippen molar-refractivity contribution in [3.8, 4) is 0 Å². The van der Waals surface area contributed by atoms with Crippen LogP contribution in [0.25, 0.3) is 0 Å². The Labute approximate surface area is 196 Å². The first kappa shape index (κ1) is 23.8. The van der Waals surface area contributed by atoms with Gasteiger partial charge in [0.25, 0.3) is 0 Å². The van der Waals surface area contributed by atoms with Gasteiger partial charge in [0.1, 0.15) is 11.1 Å². The second-order valence-electron chi connectivity index (χ2n) is 7.21. The van der Waals surface area contributed by atoms with Crippen LogP contribution in [-0.4, -0.2) is 11.8 Å². The molecule has 0 fully saturated rings. The summed E-state index contributed by atoms with van der Waals surface area (Å²) < 4.78 is 13.5. The third kappa shape index (κ3) is 6.84. The minimum absolute atomic E-state index is 0.0282. The first-order valence-corrected chi connectivity index (χ1v) is 11.6. The highest BCUT2D eigenvalue weighted by atomic mass is 35.5. The molecule has 1 unspecified atom stereocenters. The summed E-state index contributed by atoms with van der Waals surface area (Å²) in [4.78, 5) is 26.1. The fourth-order valence-corrected chi connectivity index (χ4v) is 4.29. The summed E-state index contributed by atoms with van der Waals surface area (Å²) in [6.07, 6.45) is 2.27. The highest BCUT2D eigenvalue weighted by Gasteiger charge is 2.22. The van der Waals surface area contributed by atoms with Crippen molar-refractivity contribution >= 4 is 46.6 Å². The third-order valence-electron chi connectivity index (χ3n) is 4.66. The first-order valence-electron chi connectivity index (χ1n) is 10.3. The minimum Gasteiger partial charge on any atom is -0.326 e. The van der Waals surface area contributed by atoms with Gasteiger partial charge in [0.05, 0.1) is 5.02 Å². The topological polar surface area (TPSA) is 58.2 Å². The van der Waals surface area contributed by atoms with Gasteiger partial charge in [0, 0.05) is 22.7 Å². The van der Waals surface area contributed by atoms with Crippen molar-refractivity contribution < 1.29 is 14.0 Å². The number of nitrogens with one attached hydrogen (secondary N) is 2. The lowest BCUT2D eigenvalue weighted by atomic mass is 10.1. The number of hydrogen-bond donors (Lipinski definition) is 2. The normalized spacial score (nSPS) is 11.6. The lowest BCUT2D eigenvalue weighted by Gasteiger charge is -2.18. The Morgan fingerprint density at radius 2 is 1.72 bits per heavy atom. The molecule has 4 nitrogen and oxygen atoms in total. The molecule has 0 spiro atoms. The first-order chi connectivity index (χ1) is 15.5. The van der Waals surface area contributed by atoms with Crippen LogP contribution in [0, 0.1) is 5.82 Å². The van der Waals surface area contributed by atoms with Crippen molar-refractivity contribution in [3.05, 3.63) is 89.2 Å². The number of carbonyl (C=O) groups excluding carboxylic acids is 2. The number of anilines is 2. The van der Waals surface area contributed by atoms with E-state index >= 15 is 0 Å². The standard InChI is InChI=1S/C25H24ClFN2O2S/c1-2-3-12-23(30)28-18-10-7-11-20(15-18)32-24(17-8-5-4-6-9-17)25(31)29-19-13-14-22(27)21(26)16-19/h4-11,13-16,24H,2-3,12H2,1H3,(H,28,30)(H,29,31). The third-order valence-corrected chi connectivity index (χ3v) is 6.19. The van der Waals surface area contributed by atoms with E-state index in [0.717, 1.165) is 23.3 Å². The van der Waals surface area contributed by atoms with Crippen molar-refractivity contribution in [2.45, 2.75) is 36.3 Å². The van der Waals surface area contributed by atoms with Gasteiger partial charge in [-0.1, -0.05) is 61.3 Å². The number of halogens is 2. The molecule has 1 atom stereocenters. The van der Waals surface area contributed by atoms with E-state index in [2.05, 4.69) is 10.6 Å². The molecule has 0 saturated heterocycles. The molecule has 166 valence electrons. The van der Waals surface area contributed by atoms with Gasteiger partial charge in [-0.3, -0.25) is 9.59 Å². The summed E-state index contributed by atoms with van der Waals surface area (Å²) in [6, 6.07) is 20.9. The fraction of sp³-hybridized carbons (Fsp3) is 0.200. The number of rotatable bonds is 9. The summed E-state index contributed by atoms with van der Waals surface area (Å²) in [5, 5.41) is 5.10. The molecule has 7 heteroatoms.